The molecule has 0 aromatic carbocycles. The first-order chi connectivity index (χ1) is 11.1. The minimum Gasteiger partial charge on any atom is -0.360 e. The molecule has 10 heteroatoms. The summed E-state index contributed by atoms with van der Waals surface area (Å²) in [5.74, 6) is -0.120. The van der Waals surface area contributed by atoms with E-state index in [0.29, 0.717) is 10.9 Å². The third-order valence-electron chi connectivity index (χ3n) is 3.44. The Morgan fingerprint density at radius 1 is 1.33 bits per heavy atom. The van der Waals surface area contributed by atoms with Gasteiger partial charge >= 0.3 is 0 Å². The van der Waals surface area contributed by atoms with Crippen LogP contribution in [0, 0.1) is 13.8 Å². The summed E-state index contributed by atoms with van der Waals surface area (Å²) >= 11 is 7.25. The highest BCUT2D eigenvalue weighted by Gasteiger charge is 2.30. The summed E-state index contributed by atoms with van der Waals surface area (Å²) in [5.41, 5.74) is 0.272. The molecule has 0 bridgehead atoms. The molecule has 0 saturated heterocycles. The molecule has 0 unspecified atom stereocenters. The molecule has 2 aromatic heterocycles. The molecule has 24 heavy (non-hydrogen) atoms. The molecule has 0 spiro atoms. The Bertz CT molecular complexity index is 825. The number of sulfonamides is 1. The lowest BCUT2D eigenvalue weighted by Gasteiger charge is -2.21. The zero-order valence-corrected chi connectivity index (χ0v) is 16.1. The molecular weight excluding hydrogens is 374 g/mol. The monoisotopic (exact) mass is 391 g/mol. The first-order valence-electron chi connectivity index (χ1n) is 7.00. The van der Waals surface area contributed by atoms with Crippen molar-refractivity contribution in [3.63, 3.8) is 0 Å². The maximum Gasteiger partial charge on any atom is 0.248 e. The second-order valence-corrected chi connectivity index (χ2v) is 9.15. The van der Waals surface area contributed by atoms with Gasteiger partial charge in [0.1, 0.15) is 10.6 Å². The van der Waals surface area contributed by atoms with Crippen molar-refractivity contribution in [2.24, 2.45) is 0 Å². The summed E-state index contributed by atoms with van der Waals surface area (Å²) in [5, 5.41) is 3.65. The van der Waals surface area contributed by atoms with Crippen LogP contribution in [0.4, 0.5) is 0 Å². The normalized spacial score (nSPS) is 11.9. The molecule has 2 heterocycles. The first-order valence-corrected chi connectivity index (χ1v) is 9.63. The zero-order chi connectivity index (χ0) is 18.1. The van der Waals surface area contributed by atoms with E-state index in [1.54, 1.807) is 20.0 Å². The summed E-state index contributed by atoms with van der Waals surface area (Å²) in [6.45, 7) is 3.17. The highest BCUT2D eigenvalue weighted by Crippen LogP contribution is 2.24. The Morgan fingerprint density at radius 3 is 2.50 bits per heavy atom. The predicted octanol–water partition coefficient (Wildman–Crippen LogP) is 2.29. The van der Waals surface area contributed by atoms with Crippen LogP contribution in [0.2, 0.25) is 4.34 Å². The highest BCUT2D eigenvalue weighted by atomic mass is 35.5. The van der Waals surface area contributed by atoms with E-state index in [4.69, 9.17) is 16.1 Å². The molecule has 0 aliphatic rings. The fourth-order valence-corrected chi connectivity index (χ4v) is 4.70. The molecular formula is C14H18ClN3O4S2. The number of aromatic nitrogens is 1. The van der Waals surface area contributed by atoms with E-state index in [1.807, 2.05) is 6.07 Å². The summed E-state index contributed by atoms with van der Waals surface area (Å²) < 4.78 is 31.7. The smallest absolute Gasteiger partial charge is 0.248 e. The van der Waals surface area contributed by atoms with Crippen LogP contribution in [0.1, 0.15) is 16.3 Å². The van der Waals surface area contributed by atoms with Crippen molar-refractivity contribution in [2.75, 3.05) is 20.6 Å². The van der Waals surface area contributed by atoms with Gasteiger partial charge in [-0.1, -0.05) is 16.8 Å². The quantitative estimate of drug-likeness (QED) is 0.754. The molecule has 1 amide bonds. The summed E-state index contributed by atoms with van der Waals surface area (Å²) in [7, 11) is -0.870. The number of nitrogens with zero attached hydrogens (tertiary/aromatic N) is 3. The number of aryl methyl sites for hydroxylation is 2. The van der Waals surface area contributed by atoms with Crippen molar-refractivity contribution in [2.45, 2.75) is 25.3 Å². The van der Waals surface area contributed by atoms with Crippen LogP contribution in [0.5, 0.6) is 0 Å². The maximum atomic E-state index is 12.6. The van der Waals surface area contributed by atoms with Crippen molar-refractivity contribution in [3.8, 4) is 0 Å². The Labute approximate surface area is 149 Å². The van der Waals surface area contributed by atoms with E-state index in [0.717, 1.165) is 9.18 Å². The van der Waals surface area contributed by atoms with Crippen molar-refractivity contribution in [3.05, 3.63) is 32.8 Å². The minimum atomic E-state index is -3.84. The molecule has 0 aliphatic carbocycles. The average Bonchev–Trinajstić information content (AvgIpc) is 3.04. The molecule has 0 fully saturated rings. The molecule has 2 rings (SSSR count). The number of rotatable bonds is 6. The van der Waals surface area contributed by atoms with Crippen LogP contribution in [0.15, 0.2) is 21.6 Å². The van der Waals surface area contributed by atoms with Gasteiger partial charge in [0.15, 0.2) is 5.76 Å². The van der Waals surface area contributed by atoms with Crippen LogP contribution >= 0.6 is 22.9 Å². The molecule has 0 atom stereocenters. The van der Waals surface area contributed by atoms with E-state index in [2.05, 4.69) is 5.16 Å². The summed E-state index contributed by atoms with van der Waals surface area (Å²) in [6, 6.07) is 3.59. The summed E-state index contributed by atoms with van der Waals surface area (Å²) in [6.07, 6.45) is 0. The number of halogens is 1. The van der Waals surface area contributed by atoms with Crippen molar-refractivity contribution in [1.82, 2.24) is 14.4 Å². The van der Waals surface area contributed by atoms with Crippen molar-refractivity contribution < 1.29 is 17.7 Å². The lowest BCUT2D eigenvalue weighted by atomic mass is 10.4. The van der Waals surface area contributed by atoms with Crippen LogP contribution in [-0.4, -0.2) is 49.3 Å². The van der Waals surface area contributed by atoms with Crippen LogP contribution in [0.25, 0.3) is 0 Å². The molecule has 132 valence electrons. The Kier molecular flexibility index (Phi) is 5.69. The fraction of sp³-hybridized carbons (Fsp3) is 0.429. The predicted molar refractivity (Wildman–Crippen MR) is 91.6 cm³/mol. The zero-order valence-electron chi connectivity index (χ0n) is 13.7. The van der Waals surface area contributed by atoms with Gasteiger partial charge in [-0.3, -0.25) is 4.79 Å². The van der Waals surface area contributed by atoms with E-state index in [1.165, 1.54) is 30.2 Å². The molecule has 2 aromatic rings. The summed E-state index contributed by atoms with van der Waals surface area (Å²) in [4.78, 5) is 14.7. The van der Waals surface area contributed by atoms with Crippen molar-refractivity contribution >= 4 is 38.9 Å². The number of thiophene rings is 1. The Hall–Kier alpha value is -1.42. The van der Waals surface area contributed by atoms with Gasteiger partial charge < -0.3 is 9.42 Å². The van der Waals surface area contributed by atoms with E-state index in [-0.39, 0.29) is 28.8 Å². The van der Waals surface area contributed by atoms with Gasteiger partial charge in [-0.15, -0.1) is 11.3 Å². The largest absolute Gasteiger partial charge is 0.360 e. The lowest BCUT2D eigenvalue weighted by Crippen LogP contribution is -2.39. The molecule has 0 radical (unpaired) electrons. The van der Waals surface area contributed by atoms with E-state index >= 15 is 0 Å². The number of carbonyl (C=O) groups is 1. The van der Waals surface area contributed by atoms with Gasteiger partial charge in [-0.05, 0) is 26.0 Å². The topological polar surface area (TPSA) is 83.7 Å². The van der Waals surface area contributed by atoms with E-state index < -0.39 is 10.0 Å². The molecule has 0 saturated carbocycles. The SMILES string of the molecule is Cc1noc(C)c1S(=O)(=O)N(C)CC(=O)N(C)Cc1ccc(Cl)s1. The van der Waals surface area contributed by atoms with Gasteiger partial charge in [0.05, 0.1) is 17.4 Å². The number of amides is 1. The van der Waals surface area contributed by atoms with Crippen molar-refractivity contribution in [1.29, 1.82) is 0 Å². The van der Waals surface area contributed by atoms with Gasteiger partial charge in [-0.25, -0.2) is 8.42 Å². The molecule has 0 N–H and O–H groups in total. The van der Waals surface area contributed by atoms with Gasteiger partial charge in [0.25, 0.3) is 0 Å². The Balaban J connectivity index is 2.08. The van der Waals surface area contributed by atoms with Gasteiger partial charge in [0, 0.05) is 19.0 Å². The maximum absolute atomic E-state index is 12.6. The lowest BCUT2D eigenvalue weighted by molar-refractivity contribution is -0.130. The Morgan fingerprint density at radius 2 is 2.00 bits per heavy atom. The first kappa shape index (κ1) is 18.9. The number of hydrogen-bond acceptors (Lipinski definition) is 6. The standard InChI is InChI=1S/C14H18ClN3O4S2/c1-9-14(10(2)22-16-9)24(20,21)18(4)8-13(19)17(3)7-11-5-6-12(15)23-11/h5-6H,7-8H2,1-4H3. The number of likely N-dealkylation sites (N-methyl/N-ethyl adjacent to an activating group) is 2. The number of carbonyl (C=O) groups excluding carboxylic acids is 1. The fourth-order valence-electron chi connectivity index (χ4n) is 2.15. The second kappa shape index (κ2) is 7.22. The molecule has 7 nitrogen and oxygen atoms in total. The van der Waals surface area contributed by atoms with Crippen LogP contribution in [0.3, 0.4) is 0 Å². The minimum absolute atomic E-state index is 0.00508. The number of hydrogen-bond donors (Lipinski definition) is 0. The highest BCUT2D eigenvalue weighted by molar-refractivity contribution is 7.89. The van der Waals surface area contributed by atoms with Gasteiger partial charge in [-0.2, -0.15) is 4.31 Å². The van der Waals surface area contributed by atoms with Crippen LogP contribution in [-0.2, 0) is 21.4 Å². The second-order valence-electron chi connectivity index (χ2n) is 5.37. The van der Waals surface area contributed by atoms with Crippen LogP contribution < -0.4 is 0 Å². The third kappa shape index (κ3) is 3.97. The van der Waals surface area contributed by atoms with Gasteiger partial charge in [0.2, 0.25) is 15.9 Å². The third-order valence-corrected chi connectivity index (χ3v) is 6.71. The average molecular weight is 392 g/mol. The molecule has 0 aliphatic heterocycles. The van der Waals surface area contributed by atoms with E-state index in [9.17, 15) is 13.2 Å².